The number of halogens is 5. The molecule has 1 amide bonds. The van der Waals surface area contributed by atoms with Gasteiger partial charge in [-0.3, -0.25) is 4.79 Å². The number of aryl methyl sites for hydroxylation is 1. The number of hydrogen-bond donors (Lipinski definition) is 2. The van der Waals surface area contributed by atoms with Crippen molar-refractivity contribution in [1.29, 1.82) is 0 Å². The number of pyridine rings is 1. The van der Waals surface area contributed by atoms with E-state index >= 15 is 0 Å². The lowest BCUT2D eigenvalue weighted by Gasteiger charge is -2.28. The van der Waals surface area contributed by atoms with Crippen molar-refractivity contribution in [3.63, 3.8) is 0 Å². The molecule has 0 bridgehead atoms. The van der Waals surface area contributed by atoms with Crippen LogP contribution in [0, 0.1) is 22.9 Å². The molecule has 228 valence electrons. The fourth-order valence-corrected chi connectivity index (χ4v) is 4.13. The number of amides is 1. The molecule has 3 aromatic heterocycles. The number of carbonyl (C=O) groups is 1. The summed E-state index contributed by atoms with van der Waals surface area (Å²) in [6.07, 6.45) is 0.577. The molecule has 4 aromatic rings. The second kappa shape index (κ2) is 12.8. The first-order valence-corrected chi connectivity index (χ1v) is 12.4. The number of imidazole rings is 1. The number of hydrogen-bond acceptors (Lipinski definition) is 8. The Labute approximate surface area is 253 Å². The van der Waals surface area contributed by atoms with Crippen molar-refractivity contribution in [2.24, 2.45) is 7.05 Å². The van der Waals surface area contributed by atoms with E-state index in [-0.39, 0.29) is 40.1 Å². The van der Waals surface area contributed by atoms with Crippen molar-refractivity contribution >= 4 is 40.0 Å². The van der Waals surface area contributed by atoms with Gasteiger partial charge >= 0.3 is 12.0 Å². The van der Waals surface area contributed by atoms with Gasteiger partial charge in [-0.15, -0.1) is 0 Å². The fraction of sp³-hybridized carbons (Fsp3) is 0.269. The van der Waals surface area contributed by atoms with E-state index in [1.807, 2.05) is 14.1 Å². The number of nitrogens with one attached hydrogen (secondary N) is 2. The Hall–Kier alpha value is -4.51. The van der Waals surface area contributed by atoms with Gasteiger partial charge in [0.05, 0.1) is 37.9 Å². The van der Waals surface area contributed by atoms with Crippen LogP contribution < -0.4 is 27.6 Å². The summed E-state index contributed by atoms with van der Waals surface area (Å²) in [6, 6.07) is 3.92. The van der Waals surface area contributed by atoms with E-state index < -0.39 is 28.4 Å². The molecule has 17 heteroatoms. The third kappa shape index (κ3) is 7.86. The highest BCUT2D eigenvalue weighted by Gasteiger charge is 2.34. The fourth-order valence-electron chi connectivity index (χ4n) is 4.13. The van der Waals surface area contributed by atoms with Crippen molar-refractivity contribution in [2.45, 2.75) is 19.6 Å². The normalized spacial score (nSPS) is 11.9. The minimum atomic E-state index is -4.88. The molecule has 0 spiro atoms. The van der Waals surface area contributed by atoms with Crippen LogP contribution in [0.4, 0.5) is 40.7 Å². The Kier molecular flexibility index (Phi) is 9.81. The van der Waals surface area contributed by atoms with Crippen molar-refractivity contribution in [3.8, 4) is 0 Å². The number of benzene rings is 1. The van der Waals surface area contributed by atoms with Crippen LogP contribution in [-0.2, 0) is 24.6 Å². The number of rotatable bonds is 9. The number of alkyl halides is 3. The first kappa shape index (κ1) is 33.0. The summed E-state index contributed by atoms with van der Waals surface area (Å²) in [5.74, 6) is -1.36. The topological polar surface area (TPSA) is 141 Å². The molecule has 3 heterocycles. The van der Waals surface area contributed by atoms with Gasteiger partial charge < -0.3 is 46.8 Å². The minimum absolute atomic E-state index is 0. The molecular weight excluding hydrogens is 642 g/mol. The van der Waals surface area contributed by atoms with E-state index in [0.717, 1.165) is 6.07 Å². The van der Waals surface area contributed by atoms with Gasteiger partial charge in [-0.25, -0.2) is 19.3 Å². The predicted octanol–water partition coefficient (Wildman–Crippen LogP) is 1.65. The Morgan fingerprint density at radius 2 is 1.91 bits per heavy atom. The van der Waals surface area contributed by atoms with E-state index in [1.165, 1.54) is 24.7 Å². The van der Waals surface area contributed by atoms with Gasteiger partial charge in [0.25, 0.3) is 0 Å². The van der Waals surface area contributed by atoms with Crippen LogP contribution >= 0.6 is 0 Å². The average molecular weight is 668 g/mol. The van der Waals surface area contributed by atoms with Crippen molar-refractivity contribution in [1.82, 2.24) is 24.5 Å². The maximum absolute atomic E-state index is 13.7. The number of nitrogens with zero attached hydrogens (tertiary/aromatic N) is 7. The highest BCUT2D eigenvalue weighted by molar-refractivity contribution is 6.00. The second-order valence-electron chi connectivity index (χ2n) is 10.0. The van der Waals surface area contributed by atoms with Crippen molar-refractivity contribution in [2.75, 3.05) is 31.3 Å². The number of aromatic nitrogens is 5. The van der Waals surface area contributed by atoms with Gasteiger partial charge in [-0.05, 0) is 40.2 Å². The molecule has 2 N–H and O–H groups in total. The van der Waals surface area contributed by atoms with E-state index in [9.17, 15) is 32.5 Å². The van der Waals surface area contributed by atoms with E-state index in [1.54, 1.807) is 24.6 Å². The second-order valence-corrected chi connectivity index (χ2v) is 10.0. The summed E-state index contributed by atoms with van der Waals surface area (Å²) in [7, 11) is 5.41. The molecule has 1 aromatic carbocycles. The van der Waals surface area contributed by atoms with Gasteiger partial charge in [0.15, 0.2) is 5.69 Å². The Morgan fingerprint density at radius 3 is 2.58 bits per heavy atom. The summed E-state index contributed by atoms with van der Waals surface area (Å²) in [5.41, 5.74) is -0.676. The number of anilines is 3. The molecule has 0 saturated carbocycles. The average Bonchev–Trinajstić information content (AvgIpc) is 3.17. The molecule has 43 heavy (non-hydrogen) atoms. The predicted molar refractivity (Wildman–Crippen MR) is 145 cm³/mol. The van der Waals surface area contributed by atoms with Crippen LogP contribution in [0.2, 0.25) is 0 Å². The Morgan fingerprint density at radius 1 is 1.19 bits per heavy atom. The highest BCUT2D eigenvalue weighted by atomic mass is 79.9. The number of fused-ring (bicyclic) bond motifs is 1. The zero-order chi connectivity index (χ0) is 30.8. The maximum atomic E-state index is 13.7. The van der Waals surface area contributed by atoms with Crippen LogP contribution in [-0.4, -0.2) is 60.5 Å². The largest absolute Gasteiger partial charge is 1.00 e. The van der Waals surface area contributed by atoms with Crippen molar-refractivity contribution in [3.05, 3.63) is 82.0 Å². The molecule has 4 rings (SSSR count). The third-order valence-electron chi connectivity index (χ3n) is 6.34. The SMILES string of the molecule is Cc1nc([N+](=O)[O-])c(C[N+](C)(C)C/C=C/C(=O)Nc2cc3c(Nc4ccc(F)c(C(F)(F)F)c4)ncnc3cn2)n1C.[Br-]. The molecule has 0 fully saturated rings. The zero-order valence-corrected chi connectivity index (χ0v) is 24.9. The van der Waals surface area contributed by atoms with Gasteiger partial charge in [0.2, 0.25) is 11.7 Å². The molecule has 0 atom stereocenters. The van der Waals surface area contributed by atoms with Crippen molar-refractivity contribution < 1.29 is 48.7 Å². The smallest absolute Gasteiger partial charge is 0.419 e. The van der Waals surface area contributed by atoms with Gasteiger partial charge in [-0.1, -0.05) is 0 Å². The molecule has 0 unspecified atom stereocenters. The number of carbonyl (C=O) groups excluding carboxylic acids is 1. The lowest BCUT2D eigenvalue weighted by Crippen LogP contribution is -3.00. The summed E-state index contributed by atoms with van der Waals surface area (Å²) >= 11 is 0. The quantitative estimate of drug-likeness (QED) is 0.0903. The Balaban J connectivity index is 0.00000506. The van der Waals surface area contributed by atoms with Crippen LogP contribution in [0.25, 0.3) is 10.9 Å². The number of quaternary nitrogens is 1. The van der Waals surface area contributed by atoms with Gasteiger partial charge in [-0.2, -0.15) is 13.2 Å². The van der Waals surface area contributed by atoms with Gasteiger partial charge in [0.1, 0.15) is 30.3 Å². The van der Waals surface area contributed by atoms with Crippen LogP contribution in [0.3, 0.4) is 0 Å². The number of nitro groups is 1. The monoisotopic (exact) mass is 667 g/mol. The lowest BCUT2D eigenvalue weighted by atomic mass is 10.1. The lowest BCUT2D eigenvalue weighted by molar-refractivity contribution is -0.898. The summed E-state index contributed by atoms with van der Waals surface area (Å²) < 4.78 is 55.0. The minimum Gasteiger partial charge on any atom is -1.00 e. The zero-order valence-electron chi connectivity index (χ0n) is 23.3. The maximum Gasteiger partial charge on any atom is 0.419 e. The summed E-state index contributed by atoms with van der Waals surface area (Å²) in [5, 5.41) is 17.1. The van der Waals surface area contributed by atoms with E-state index in [0.29, 0.717) is 52.1 Å². The molecule has 0 aliphatic heterocycles. The molecular formula is C26H26BrF4N9O3. The summed E-state index contributed by atoms with van der Waals surface area (Å²) in [6.45, 7) is 2.33. The van der Waals surface area contributed by atoms with Crippen LogP contribution in [0.5, 0.6) is 0 Å². The molecule has 0 aliphatic carbocycles. The molecule has 12 nitrogen and oxygen atoms in total. The molecule has 0 saturated heterocycles. The highest BCUT2D eigenvalue weighted by Crippen LogP contribution is 2.34. The molecule has 0 radical (unpaired) electrons. The van der Waals surface area contributed by atoms with Gasteiger partial charge in [0, 0.05) is 31.1 Å². The third-order valence-corrected chi connectivity index (χ3v) is 6.34. The van der Waals surface area contributed by atoms with E-state index in [2.05, 4.69) is 30.6 Å². The number of likely N-dealkylation sites (N-methyl/N-ethyl adjacent to an activating group) is 1. The van der Waals surface area contributed by atoms with Crippen LogP contribution in [0.1, 0.15) is 17.1 Å². The first-order chi connectivity index (χ1) is 19.6. The van der Waals surface area contributed by atoms with Crippen LogP contribution in [0.15, 0.2) is 48.9 Å². The van der Waals surface area contributed by atoms with E-state index in [4.69, 9.17) is 0 Å². The standard InChI is InChI=1S/C26H25F4N9O3.BrH/c1-15-34-25(38(41)42)21(37(15)2)13-39(3,4)9-5-6-23(40)36-22-11-17-20(12-31-22)32-14-33-24(17)35-16-7-8-19(27)18(10-16)26(28,29)30;/h5-8,10-12,14H,9,13H2,1-4H3,(H-,31,32,33,35,36,40);1H/b6-5+;. The Bertz CT molecular complexity index is 1710. The summed E-state index contributed by atoms with van der Waals surface area (Å²) in [4.78, 5) is 39.8. The first-order valence-electron chi connectivity index (χ1n) is 12.4. The molecule has 0 aliphatic rings.